The van der Waals surface area contributed by atoms with Gasteiger partial charge < -0.3 is 10.6 Å². The second kappa shape index (κ2) is 6.16. The number of nitrogens with one attached hydrogen (secondary N) is 2. The first kappa shape index (κ1) is 14.0. The first-order valence-electron chi connectivity index (χ1n) is 5.76. The predicted octanol–water partition coefficient (Wildman–Crippen LogP) is 3.19. The molecule has 0 aliphatic heterocycles. The van der Waals surface area contributed by atoms with Crippen LogP contribution in [0.4, 0.5) is 5.82 Å². The zero-order valence-electron chi connectivity index (χ0n) is 10.7. The van der Waals surface area contributed by atoms with Crippen molar-refractivity contribution in [2.75, 3.05) is 12.4 Å². The van der Waals surface area contributed by atoms with E-state index in [-0.39, 0.29) is 5.91 Å². The Morgan fingerprint density at radius 1 is 1.47 bits per heavy atom. The molecule has 0 aliphatic rings. The summed E-state index contributed by atoms with van der Waals surface area (Å²) in [6.07, 6.45) is 0. The Morgan fingerprint density at radius 2 is 2.26 bits per heavy atom. The second-order valence-electron chi connectivity index (χ2n) is 4.01. The number of pyridine rings is 1. The third-order valence-electron chi connectivity index (χ3n) is 2.57. The molecule has 0 saturated carbocycles. The van der Waals surface area contributed by atoms with E-state index in [9.17, 15) is 4.79 Å². The third kappa shape index (κ3) is 3.54. The van der Waals surface area contributed by atoms with E-state index in [4.69, 9.17) is 0 Å². The largest absolute Gasteiger partial charge is 0.373 e. The van der Waals surface area contributed by atoms with E-state index in [2.05, 4.69) is 31.5 Å². The maximum absolute atomic E-state index is 12.1. The van der Waals surface area contributed by atoms with Crippen LogP contribution in [-0.4, -0.2) is 17.9 Å². The summed E-state index contributed by atoms with van der Waals surface area (Å²) in [6, 6.07) is 5.49. The highest BCUT2D eigenvalue weighted by atomic mass is 79.9. The van der Waals surface area contributed by atoms with Gasteiger partial charge in [0.1, 0.15) is 5.82 Å². The number of thiophene rings is 1. The molecule has 19 heavy (non-hydrogen) atoms. The molecule has 2 heterocycles. The van der Waals surface area contributed by atoms with Gasteiger partial charge in [0.2, 0.25) is 0 Å². The Bertz CT molecular complexity index is 597. The number of anilines is 1. The van der Waals surface area contributed by atoms with Crippen molar-refractivity contribution >= 4 is 39.0 Å². The molecule has 2 N–H and O–H groups in total. The summed E-state index contributed by atoms with van der Waals surface area (Å²) in [4.78, 5) is 17.5. The van der Waals surface area contributed by atoms with Crippen LogP contribution in [0.25, 0.3) is 0 Å². The minimum absolute atomic E-state index is 0.0951. The molecule has 2 aromatic heterocycles. The number of hydrogen-bond acceptors (Lipinski definition) is 4. The highest BCUT2D eigenvalue weighted by molar-refractivity contribution is 9.10. The van der Waals surface area contributed by atoms with Crippen molar-refractivity contribution in [3.05, 3.63) is 44.2 Å². The number of carbonyl (C=O) groups excluding carboxylic acids is 1. The molecule has 4 nitrogen and oxygen atoms in total. The monoisotopic (exact) mass is 339 g/mol. The lowest BCUT2D eigenvalue weighted by molar-refractivity contribution is 0.0951. The van der Waals surface area contributed by atoms with Gasteiger partial charge in [-0.2, -0.15) is 0 Å². The minimum atomic E-state index is -0.0951. The first-order valence-corrected chi connectivity index (χ1v) is 7.44. The molecule has 0 aromatic carbocycles. The van der Waals surface area contributed by atoms with Gasteiger partial charge in [0.25, 0.3) is 5.91 Å². The van der Waals surface area contributed by atoms with Crippen LogP contribution >= 0.6 is 27.3 Å². The lowest BCUT2D eigenvalue weighted by Crippen LogP contribution is -2.22. The number of rotatable bonds is 4. The van der Waals surface area contributed by atoms with Crippen LogP contribution < -0.4 is 10.6 Å². The molecule has 2 aromatic rings. The molecule has 0 unspecified atom stereocenters. The van der Waals surface area contributed by atoms with Crippen LogP contribution in [0, 0.1) is 6.92 Å². The second-order valence-corrected chi connectivity index (χ2v) is 5.86. The van der Waals surface area contributed by atoms with Crippen LogP contribution in [-0.2, 0) is 6.54 Å². The number of amides is 1. The zero-order chi connectivity index (χ0) is 13.8. The van der Waals surface area contributed by atoms with Crippen LogP contribution in [0.3, 0.4) is 0 Å². The fourth-order valence-corrected chi connectivity index (χ4v) is 3.07. The zero-order valence-corrected chi connectivity index (χ0v) is 13.1. The standard InChI is InChI=1S/C13H14BrN3OS/c1-8-5-9(6-12(15-2)17-8)13(18)16-7-11-10(14)3-4-19-11/h3-6H,7H2,1-2H3,(H,15,17)(H,16,18). The molecular formula is C13H14BrN3OS. The quantitative estimate of drug-likeness (QED) is 0.899. The lowest BCUT2D eigenvalue weighted by Gasteiger charge is -2.07. The Hall–Kier alpha value is -1.40. The Balaban J connectivity index is 2.08. The Kier molecular flexibility index (Phi) is 4.55. The van der Waals surface area contributed by atoms with Crippen molar-refractivity contribution in [2.45, 2.75) is 13.5 Å². The van der Waals surface area contributed by atoms with Crippen LogP contribution in [0.5, 0.6) is 0 Å². The van der Waals surface area contributed by atoms with Crippen molar-refractivity contribution in [1.82, 2.24) is 10.3 Å². The molecule has 2 rings (SSSR count). The molecule has 0 saturated heterocycles. The number of carbonyl (C=O) groups is 1. The van der Waals surface area contributed by atoms with Gasteiger partial charge in [0, 0.05) is 27.7 Å². The van der Waals surface area contributed by atoms with Crippen molar-refractivity contribution < 1.29 is 4.79 Å². The van der Waals surface area contributed by atoms with Crippen molar-refractivity contribution in [2.24, 2.45) is 0 Å². The van der Waals surface area contributed by atoms with Crippen LogP contribution in [0.1, 0.15) is 20.9 Å². The third-order valence-corrected chi connectivity index (χ3v) is 4.50. The van der Waals surface area contributed by atoms with E-state index in [0.717, 1.165) is 15.0 Å². The molecular weight excluding hydrogens is 326 g/mol. The Labute approximate surface area is 124 Å². The molecule has 0 aliphatic carbocycles. The lowest BCUT2D eigenvalue weighted by atomic mass is 10.2. The molecule has 0 atom stereocenters. The molecule has 0 spiro atoms. The molecule has 1 amide bonds. The van der Waals surface area contributed by atoms with Crippen molar-refractivity contribution in [1.29, 1.82) is 0 Å². The highest BCUT2D eigenvalue weighted by Crippen LogP contribution is 2.22. The molecule has 0 radical (unpaired) electrons. The summed E-state index contributed by atoms with van der Waals surface area (Å²) < 4.78 is 1.03. The van der Waals surface area contributed by atoms with Crippen LogP contribution in [0.2, 0.25) is 0 Å². The summed E-state index contributed by atoms with van der Waals surface area (Å²) in [6.45, 7) is 2.39. The van der Waals surface area contributed by atoms with E-state index >= 15 is 0 Å². The average Bonchev–Trinajstić information content (AvgIpc) is 2.80. The van der Waals surface area contributed by atoms with Gasteiger partial charge >= 0.3 is 0 Å². The fraction of sp³-hybridized carbons (Fsp3) is 0.231. The average molecular weight is 340 g/mol. The molecule has 0 fully saturated rings. The number of aromatic nitrogens is 1. The van der Waals surface area contributed by atoms with E-state index in [1.54, 1.807) is 30.5 Å². The topological polar surface area (TPSA) is 54.0 Å². The predicted molar refractivity (Wildman–Crippen MR) is 81.7 cm³/mol. The molecule has 6 heteroatoms. The van der Waals surface area contributed by atoms with E-state index in [1.807, 2.05) is 18.4 Å². The summed E-state index contributed by atoms with van der Waals surface area (Å²) in [5.41, 5.74) is 1.43. The van der Waals surface area contributed by atoms with Crippen molar-refractivity contribution in [3.63, 3.8) is 0 Å². The van der Waals surface area contributed by atoms with Gasteiger partial charge in [-0.3, -0.25) is 4.79 Å². The van der Waals surface area contributed by atoms with Gasteiger partial charge in [0.05, 0.1) is 6.54 Å². The smallest absolute Gasteiger partial charge is 0.251 e. The maximum atomic E-state index is 12.1. The van der Waals surface area contributed by atoms with Gasteiger partial charge in [-0.05, 0) is 46.4 Å². The first-order chi connectivity index (χ1) is 9.10. The number of aryl methyl sites for hydroxylation is 1. The van der Waals surface area contributed by atoms with E-state index < -0.39 is 0 Å². The SMILES string of the molecule is CNc1cc(C(=O)NCc2sccc2Br)cc(C)n1. The summed E-state index contributed by atoms with van der Waals surface area (Å²) in [5, 5.41) is 7.84. The highest BCUT2D eigenvalue weighted by Gasteiger charge is 2.09. The van der Waals surface area contributed by atoms with Crippen molar-refractivity contribution in [3.8, 4) is 0 Å². The van der Waals surface area contributed by atoms with Crippen LogP contribution in [0.15, 0.2) is 28.1 Å². The number of hydrogen-bond donors (Lipinski definition) is 2. The summed E-state index contributed by atoms with van der Waals surface area (Å²) in [5.74, 6) is 0.602. The van der Waals surface area contributed by atoms with Gasteiger partial charge in [0.15, 0.2) is 0 Å². The number of halogens is 1. The fourth-order valence-electron chi connectivity index (χ4n) is 1.64. The molecule has 100 valence electrons. The van der Waals surface area contributed by atoms with Gasteiger partial charge in [-0.25, -0.2) is 4.98 Å². The van der Waals surface area contributed by atoms with Gasteiger partial charge in [-0.1, -0.05) is 0 Å². The van der Waals surface area contributed by atoms with Gasteiger partial charge in [-0.15, -0.1) is 11.3 Å². The summed E-state index contributed by atoms with van der Waals surface area (Å²) in [7, 11) is 1.78. The van der Waals surface area contributed by atoms with E-state index in [1.165, 1.54) is 0 Å². The van der Waals surface area contributed by atoms with E-state index in [0.29, 0.717) is 17.9 Å². The number of nitrogens with zero attached hydrogens (tertiary/aromatic N) is 1. The Morgan fingerprint density at radius 3 is 2.89 bits per heavy atom. The molecule has 0 bridgehead atoms. The minimum Gasteiger partial charge on any atom is -0.373 e. The summed E-state index contributed by atoms with van der Waals surface area (Å²) >= 11 is 5.06. The maximum Gasteiger partial charge on any atom is 0.251 e. The normalized spacial score (nSPS) is 10.3.